The smallest absolute Gasteiger partial charge is 0.338 e. The predicted molar refractivity (Wildman–Crippen MR) is 157 cm³/mol. The van der Waals surface area contributed by atoms with Gasteiger partial charge < -0.3 is 21.3 Å². The standard InChI is InChI=1S/C28H40N8O3.ClH/c1-27(2,30)24(37)34-13-15-35(16-14-34)25(38)31-23-7-10-36(26(39)32-23)22-5-3-20(4-6-22)19-33-11-8-28(9-12-33)17-21(29)18-28;/h3-7,10,21H,8-9,11-19,29-30H2,1-2H3,(H,31,32,38,39);1H. The van der Waals surface area contributed by atoms with Crippen LogP contribution in [0.5, 0.6) is 0 Å². The Morgan fingerprint density at radius 2 is 1.60 bits per heavy atom. The van der Waals surface area contributed by atoms with Crippen LogP contribution in [-0.4, -0.2) is 87.0 Å². The molecule has 3 amide bonds. The first-order chi connectivity index (χ1) is 18.5. The largest absolute Gasteiger partial charge is 0.354 e. The molecule has 11 nitrogen and oxygen atoms in total. The average Bonchev–Trinajstić information content (AvgIpc) is 2.89. The summed E-state index contributed by atoms with van der Waals surface area (Å²) in [5.74, 6) is 0.0505. The van der Waals surface area contributed by atoms with Gasteiger partial charge in [-0.1, -0.05) is 12.1 Å². The Labute approximate surface area is 241 Å². The van der Waals surface area contributed by atoms with Crippen molar-refractivity contribution in [2.75, 3.05) is 44.6 Å². The molecule has 1 aromatic heterocycles. The maximum atomic E-state index is 12.7. The minimum atomic E-state index is -0.944. The van der Waals surface area contributed by atoms with E-state index in [0.717, 1.165) is 25.3 Å². The van der Waals surface area contributed by atoms with Gasteiger partial charge in [0.15, 0.2) is 0 Å². The molecular formula is C28H41ClN8O3. The summed E-state index contributed by atoms with van der Waals surface area (Å²) in [5, 5.41) is 2.70. The van der Waals surface area contributed by atoms with Crippen molar-refractivity contribution in [2.24, 2.45) is 16.9 Å². The van der Waals surface area contributed by atoms with E-state index in [0.29, 0.717) is 37.6 Å². The number of benzene rings is 1. The van der Waals surface area contributed by atoms with E-state index in [1.807, 2.05) is 12.1 Å². The van der Waals surface area contributed by atoms with Crippen LogP contribution in [0.4, 0.5) is 10.6 Å². The summed E-state index contributed by atoms with van der Waals surface area (Å²) in [6, 6.07) is 9.62. The molecule has 1 aliphatic carbocycles. The summed E-state index contributed by atoms with van der Waals surface area (Å²) in [6.07, 6.45) is 6.42. The van der Waals surface area contributed by atoms with Crippen LogP contribution in [0.15, 0.2) is 41.3 Å². The highest BCUT2D eigenvalue weighted by Gasteiger charge is 2.44. The molecule has 0 bridgehead atoms. The molecule has 3 aliphatic rings. The highest BCUT2D eigenvalue weighted by atomic mass is 35.5. The molecule has 1 spiro atoms. The molecule has 12 heteroatoms. The second-order valence-electron chi connectivity index (χ2n) is 12.0. The third kappa shape index (κ3) is 6.65. The molecule has 2 saturated heterocycles. The van der Waals surface area contributed by atoms with Gasteiger partial charge in [-0.15, -0.1) is 12.4 Å². The molecule has 1 aromatic carbocycles. The predicted octanol–water partition coefficient (Wildman–Crippen LogP) is 1.77. The van der Waals surface area contributed by atoms with Crippen molar-refractivity contribution in [3.63, 3.8) is 0 Å². The Morgan fingerprint density at radius 3 is 2.15 bits per heavy atom. The number of rotatable bonds is 5. The van der Waals surface area contributed by atoms with E-state index in [1.54, 1.807) is 35.9 Å². The number of hydrogen-bond donors (Lipinski definition) is 3. The Balaban J connectivity index is 0.00000370. The minimum Gasteiger partial charge on any atom is -0.338 e. The van der Waals surface area contributed by atoms with Gasteiger partial charge in [0.25, 0.3) is 0 Å². The highest BCUT2D eigenvalue weighted by Crippen LogP contribution is 2.48. The molecule has 218 valence electrons. The first-order valence-corrected chi connectivity index (χ1v) is 13.8. The summed E-state index contributed by atoms with van der Waals surface area (Å²) in [5.41, 5.74) is 12.9. The van der Waals surface area contributed by atoms with Crippen LogP contribution in [0, 0.1) is 5.41 Å². The molecule has 3 heterocycles. The van der Waals surface area contributed by atoms with Gasteiger partial charge in [0.05, 0.1) is 11.2 Å². The number of carbonyl (C=O) groups is 2. The molecule has 3 fully saturated rings. The fraction of sp³-hybridized carbons (Fsp3) is 0.571. The van der Waals surface area contributed by atoms with Gasteiger partial charge in [-0.05, 0) is 81.8 Å². The maximum absolute atomic E-state index is 12.7. The lowest BCUT2D eigenvalue weighted by molar-refractivity contribution is -0.137. The van der Waals surface area contributed by atoms with Gasteiger partial charge in [-0.2, -0.15) is 4.98 Å². The highest BCUT2D eigenvalue weighted by molar-refractivity contribution is 5.89. The molecule has 0 unspecified atom stereocenters. The lowest BCUT2D eigenvalue weighted by Crippen LogP contribution is -2.58. The number of nitrogens with one attached hydrogen (secondary N) is 1. The number of nitrogens with zero attached hydrogens (tertiary/aromatic N) is 5. The summed E-state index contributed by atoms with van der Waals surface area (Å²) >= 11 is 0. The van der Waals surface area contributed by atoms with Crippen molar-refractivity contribution in [2.45, 2.75) is 57.7 Å². The normalized spacial score (nSPS) is 19.6. The third-order valence-electron chi connectivity index (χ3n) is 8.37. The molecule has 5 N–H and O–H groups in total. The van der Waals surface area contributed by atoms with E-state index in [2.05, 4.69) is 27.3 Å². The zero-order valence-electron chi connectivity index (χ0n) is 23.3. The monoisotopic (exact) mass is 572 g/mol. The number of urea groups is 1. The van der Waals surface area contributed by atoms with Crippen LogP contribution in [0.1, 0.15) is 45.1 Å². The van der Waals surface area contributed by atoms with Crippen LogP contribution in [0.25, 0.3) is 5.69 Å². The molecule has 2 aliphatic heterocycles. The fourth-order valence-corrected chi connectivity index (χ4v) is 6.04. The van der Waals surface area contributed by atoms with Gasteiger partial charge >= 0.3 is 11.7 Å². The van der Waals surface area contributed by atoms with E-state index in [-0.39, 0.29) is 30.2 Å². The maximum Gasteiger partial charge on any atom is 0.354 e. The second-order valence-corrected chi connectivity index (χ2v) is 12.0. The van der Waals surface area contributed by atoms with E-state index in [9.17, 15) is 14.4 Å². The SMILES string of the molecule is CC(C)(N)C(=O)N1CCN(C(=O)Nc2ccn(-c3ccc(CN4CCC5(CC4)CC(N)C5)cc3)c(=O)n2)CC1.Cl. The van der Waals surface area contributed by atoms with Crippen LogP contribution in [0.2, 0.25) is 0 Å². The number of halogens is 1. The summed E-state index contributed by atoms with van der Waals surface area (Å²) < 4.78 is 1.46. The lowest BCUT2D eigenvalue weighted by atomic mass is 9.61. The molecule has 0 radical (unpaired) electrons. The number of hydrogen-bond acceptors (Lipinski definition) is 7. The van der Waals surface area contributed by atoms with Crippen LogP contribution in [-0.2, 0) is 11.3 Å². The first-order valence-electron chi connectivity index (χ1n) is 13.8. The second kappa shape index (κ2) is 11.9. The lowest BCUT2D eigenvalue weighted by Gasteiger charge is -2.51. The van der Waals surface area contributed by atoms with E-state index in [1.165, 1.54) is 35.8 Å². The zero-order valence-corrected chi connectivity index (χ0v) is 24.2. The van der Waals surface area contributed by atoms with Crippen LogP contribution >= 0.6 is 12.4 Å². The van der Waals surface area contributed by atoms with Gasteiger partial charge in [0, 0.05) is 45.0 Å². The number of likely N-dealkylation sites (tertiary alicyclic amines) is 1. The van der Waals surface area contributed by atoms with Crippen molar-refractivity contribution in [1.82, 2.24) is 24.3 Å². The Morgan fingerprint density at radius 1 is 1.00 bits per heavy atom. The van der Waals surface area contributed by atoms with E-state index in [4.69, 9.17) is 11.5 Å². The Hall–Kier alpha value is -2.99. The van der Waals surface area contributed by atoms with E-state index >= 15 is 0 Å². The number of aromatic nitrogens is 2. The average molecular weight is 573 g/mol. The summed E-state index contributed by atoms with van der Waals surface area (Å²) in [7, 11) is 0. The van der Waals surface area contributed by atoms with Crippen LogP contribution < -0.4 is 22.5 Å². The fourth-order valence-electron chi connectivity index (χ4n) is 6.04. The molecule has 2 aromatic rings. The van der Waals surface area contributed by atoms with Crippen molar-refractivity contribution < 1.29 is 9.59 Å². The van der Waals surface area contributed by atoms with E-state index < -0.39 is 11.2 Å². The third-order valence-corrected chi connectivity index (χ3v) is 8.37. The molecule has 40 heavy (non-hydrogen) atoms. The van der Waals surface area contributed by atoms with Gasteiger partial charge in [-0.3, -0.25) is 19.6 Å². The summed E-state index contributed by atoms with van der Waals surface area (Å²) in [4.78, 5) is 47.6. The number of piperidine rings is 1. The molecule has 5 rings (SSSR count). The number of anilines is 1. The molecular weight excluding hydrogens is 532 g/mol. The van der Waals surface area contributed by atoms with Crippen molar-refractivity contribution >= 4 is 30.2 Å². The van der Waals surface area contributed by atoms with Gasteiger partial charge in [0.2, 0.25) is 5.91 Å². The summed E-state index contributed by atoms with van der Waals surface area (Å²) in [6.45, 7) is 8.02. The zero-order chi connectivity index (χ0) is 27.8. The number of nitrogens with two attached hydrogens (primary N) is 2. The van der Waals surface area contributed by atoms with Crippen LogP contribution in [0.3, 0.4) is 0 Å². The number of carbonyl (C=O) groups excluding carboxylic acids is 2. The first kappa shape index (κ1) is 30.0. The van der Waals surface area contributed by atoms with Crippen molar-refractivity contribution in [3.8, 4) is 5.69 Å². The van der Waals surface area contributed by atoms with Crippen molar-refractivity contribution in [1.29, 1.82) is 0 Å². The Bertz CT molecular complexity index is 1250. The van der Waals surface area contributed by atoms with Gasteiger partial charge in [-0.25, -0.2) is 9.59 Å². The molecule has 1 saturated carbocycles. The minimum absolute atomic E-state index is 0. The van der Waals surface area contributed by atoms with Gasteiger partial charge in [0.1, 0.15) is 5.82 Å². The van der Waals surface area contributed by atoms with Crippen molar-refractivity contribution in [3.05, 3.63) is 52.6 Å². The topological polar surface area (TPSA) is 143 Å². The number of amides is 3. The molecule has 0 atom stereocenters. The quantitative estimate of drug-likeness (QED) is 0.495. The number of piperazine rings is 1. The Kier molecular flexibility index (Phi) is 8.89.